The standard InChI is InChI=1S/C15H12N4O4S/c20-13(21)9-23-11-5-2-1-4-10(11)8-16-19-14(17-18-15(19)24)12-6-3-7-22-12/h1-8H,9H2,(H,18,24)(H,20,21)/p-1. The summed E-state index contributed by atoms with van der Waals surface area (Å²) in [5.41, 5.74) is 0.576. The Morgan fingerprint density at radius 2 is 2.25 bits per heavy atom. The SMILES string of the molecule is O=C([O-])COc1ccccc1C=Nn1c(-c2ccco2)n[nH]c1=S. The summed E-state index contributed by atoms with van der Waals surface area (Å²) in [5.74, 6) is -0.0331. The number of carboxylic acid groups (broad SMARTS) is 1. The number of aromatic nitrogens is 3. The minimum atomic E-state index is -1.31. The number of H-pyrrole nitrogens is 1. The van der Waals surface area contributed by atoms with Crippen LogP contribution >= 0.6 is 12.2 Å². The lowest BCUT2D eigenvalue weighted by Crippen LogP contribution is -2.29. The van der Waals surface area contributed by atoms with Crippen LogP contribution in [0.3, 0.4) is 0 Å². The van der Waals surface area contributed by atoms with Crippen molar-refractivity contribution in [1.29, 1.82) is 0 Å². The highest BCUT2D eigenvalue weighted by Gasteiger charge is 2.10. The fourth-order valence-electron chi connectivity index (χ4n) is 1.94. The summed E-state index contributed by atoms with van der Waals surface area (Å²) < 4.78 is 12.1. The molecule has 2 aromatic heterocycles. The number of para-hydroxylation sites is 1. The van der Waals surface area contributed by atoms with Gasteiger partial charge in [0.25, 0.3) is 0 Å². The number of ether oxygens (including phenoxy) is 1. The Morgan fingerprint density at radius 1 is 1.42 bits per heavy atom. The predicted octanol–water partition coefficient (Wildman–Crippen LogP) is 1.21. The Balaban J connectivity index is 1.91. The summed E-state index contributed by atoms with van der Waals surface area (Å²) in [6.07, 6.45) is 3.01. The van der Waals surface area contributed by atoms with Crippen molar-refractivity contribution in [3.8, 4) is 17.3 Å². The number of carbonyl (C=O) groups excluding carboxylic acids is 1. The molecule has 0 atom stereocenters. The van der Waals surface area contributed by atoms with Crippen molar-refractivity contribution in [3.05, 3.63) is 53.0 Å². The van der Waals surface area contributed by atoms with Gasteiger partial charge in [0.05, 0.1) is 18.4 Å². The first-order valence-corrected chi connectivity index (χ1v) is 7.23. The Morgan fingerprint density at radius 3 is 3.00 bits per heavy atom. The first kappa shape index (κ1) is 15.7. The lowest BCUT2D eigenvalue weighted by atomic mass is 10.2. The zero-order chi connectivity index (χ0) is 16.9. The van der Waals surface area contributed by atoms with E-state index in [2.05, 4.69) is 15.3 Å². The molecular formula is C15H11N4O4S-. The van der Waals surface area contributed by atoms with E-state index in [4.69, 9.17) is 21.4 Å². The molecule has 0 fully saturated rings. The number of hydrogen-bond donors (Lipinski definition) is 1. The van der Waals surface area contributed by atoms with Gasteiger partial charge in [-0.05, 0) is 36.5 Å². The monoisotopic (exact) mass is 343 g/mol. The van der Waals surface area contributed by atoms with Crippen molar-refractivity contribution >= 4 is 24.4 Å². The molecule has 24 heavy (non-hydrogen) atoms. The van der Waals surface area contributed by atoms with Crippen LogP contribution in [0.5, 0.6) is 5.75 Å². The molecule has 1 aromatic carbocycles. The van der Waals surface area contributed by atoms with E-state index in [1.54, 1.807) is 36.4 Å². The number of nitrogens with one attached hydrogen (secondary N) is 1. The van der Waals surface area contributed by atoms with Gasteiger partial charge in [0.1, 0.15) is 12.4 Å². The summed E-state index contributed by atoms with van der Waals surface area (Å²) in [7, 11) is 0. The molecule has 0 saturated heterocycles. The molecule has 0 unspecified atom stereocenters. The molecule has 0 aliphatic carbocycles. The Labute approximate surface area is 141 Å². The normalized spacial score (nSPS) is 11.0. The van der Waals surface area contributed by atoms with Crippen LogP contribution in [0, 0.1) is 4.77 Å². The number of nitrogens with zero attached hydrogens (tertiary/aromatic N) is 3. The zero-order valence-electron chi connectivity index (χ0n) is 12.2. The van der Waals surface area contributed by atoms with Crippen LogP contribution in [0.2, 0.25) is 0 Å². The number of aliphatic carboxylic acids is 1. The maximum atomic E-state index is 10.5. The van der Waals surface area contributed by atoms with Crippen molar-refractivity contribution < 1.29 is 19.1 Å². The van der Waals surface area contributed by atoms with E-state index >= 15 is 0 Å². The quantitative estimate of drug-likeness (QED) is 0.532. The summed E-state index contributed by atoms with van der Waals surface area (Å²) in [4.78, 5) is 10.5. The largest absolute Gasteiger partial charge is 0.546 e. The Kier molecular flexibility index (Phi) is 4.52. The summed E-state index contributed by atoms with van der Waals surface area (Å²) in [6, 6.07) is 10.3. The predicted molar refractivity (Wildman–Crippen MR) is 85.0 cm³/mol. The third-order valence-electron chi connectivity index (χ3n) is 2.97. The summed E-state index contributed by atoms with van der Waals surface area (Å²) in [6.45, 7) is -0.548. The second-order valence-electron chi connectivity index (χ2n) is 4.58. The molecule has 122 valence electrons. The topological polar surface area (TPSA) is 108 Å². The maximum absolute atomic E-state index is 10.5. The molecule has 0 spiro atoms. The van der Waals surface area contributed by atoms with E-state index in [1.807, 2.05) is 0 Å². The third-order valence-corrected chi connectivity index (χ3v) is 3.23. The van der Waals surface area contributed by atoms with E-state index in [0.29, 0.717) is 22.9 Å². The first-order chi connectivity index (χ1) is 11.6. The van der Waals surface area contributed by atoms with E-state index < -0.39 is 12.6 Å². The number of hydrogen-bond acceptors (Lipinski definition) is 7. The van der Waals surface area contributed by atoms with Gasteiger partial charge in [0.2, 0.25) is 10.6 Å². The highest BCUT2D eigenvalue weighted by atomic mass is 32.1. The number of furan rings is 1. The fraction of sp³-hybridized carbons (Fsp3) is 0.0667. The van der Waals surface area contributed by atoms with E-state index in [1.165, 1.54) is 17.2 Å². The van der Waals surface area contributed by atoms with Crippen LogP contribution in [0.4, 0.5) is 0 Å². The number of carbonyl (C=O) groups is 1. The van der Waals surface area contributed by atoms with Crippen LogP contribution < -0.4 is 9.84 Å². The molecule has 0 amide bonds. The molecular weight excluding hydrogens is 332 g/mol. The lowest BCUT2D eigenvalue weighted by Gasteiger charge is -2.09. The zero-order valence-corrected chi connectivity index (χ0v) is 13.0. The minimum Gasteiger partial charge on any atom is -0.546 e. The fourth-order valence-corrected chi connectivity index (χ4v) is 2.12. The second kappa shape index (κ2) is 6.92. The summed E-state index contributed by atoms with van der Waals surface area (Å²) in [5, 5.41) is 21.5. The van der Waals surface area contributed by atoms with Crippen molar-refractivity contribution in [2.24, 2.45) is 5.10 Å². The molecule has 2 heterocycles. The van der Waals surface area contributed by atoms with Crippen LogP contribution in [0.25, 0.3) is 11.6 Å². The Hall–Kier alpha value is -3.20. The van der Waals surface area contributed by atoms with Gasteiger partial charge in [-0.3, -0.25) is 0 Å². The van der Waals surface area contributed by atoms with Crippen LogP contribution in [-0.2, 0) is 4.79 Å². The second-order valence-corrected chi connectivity index (χ2v) is 4.97. The third kappa shape index (κ3) is 3.41. The van der Waals surface area contributed by atoms with E-state index in [0.717, 1.165) is 0 Å². The van der Waals surface area contributed by atoms with Crippen molar-refractivity contribution in [2.45, 2.75) is 0 Å². The number of benzene rings is 1. The van der Waals surface area contributed by atoms with Gasteiger partial charge in [-0.15, -0.1) is 5.10 Å². The first-order valence-electron chi connectivity index (χ1n) is 6.82. The molecule has 0 aliphatic heterocycles. The van der Waals surface area contributed by atoms with Crippen LogP contribution in [-0.4, -0.2) is 33.7 Å². The number of rotatable bonds is 6. The van der Waals surface area contributed by atoms with Gasteiger partial charge in [-0.25, -0.2) is 5.10 Å². The molecule has 0 radical (unpaired) electrons. The minimum absolute atomic E-state index is 0.283. The molecule has 8 nitrogen and oxygen atoms in total. The molecule has 0 aliphatic rings. The molecule has 3 aromatic rings. The summed E-state index contributed by atoms with van der Waals surface area (Å²) >= 11 is 5.15. The molecule has 1 N–H and O–H groups in total. The number of carboxylic acids is 1. The molecule has 9 heteroatoms. The molecule has 3 rings (SSSR count). The van der Waals surface area contributed by atoms with Gasteiger partial charge < -0.3 is 19.1 Å². The Bertz CT molecular complexity index is 927. The van der Waals surface area contributed by atoms with Gasteiger partial charge in [-0.1, -0.05) is 12.1 Å². The van der Waals surface area contributed by atoms with Crippen molar-refractivity contribution in [2.75, 3.05) is 6.61 Å². The number of aromatic amines is 1. The van der Waals surface area contributed by atoms with Crippen molar-refractivity contribution in [3.63, 3.8) is 0 Å². The average molecular weight is 343 g/mol. The van der Waals surface area contributed by atoms with Crippen LogP contribution in [0.15, 0.2) is 52.2 Å². The highest BCUT2D eigenvalue weighted by Crippen LogP contribution is 2.19. The van der Waals surface area contributed by atoms with Crippen molar-refractivity contribution in [1.82, 2.24) is 14.9 Å². The lowest BCUT2D eigenvalue weighted by molar-refractivity contribution is -0.307. The van der Waals surface area contributed by atoms with E-state index in [-0.39, 0.29) is 4.77 Å². The van der Waals surface area contributed by atoms with Gasteiger partial charge in [-0.2, -0.15) is 9.78 Å². The average Bonchev–Trinajstić information content (AvgIpc) is 3.21. The maximum Gasteiger partial charge on any atom is 0.219 e. The van der Waals surface area contributed by atoms with E-state index in [9.17, 15) is 9.90 Å². The molecule has 0 saturated carbocycles. The smallest absolute Gasteiger partial charge is 0.219 e. The van der Waals surface area contributed by atoms with Gasteiger partial charge in [0, 0.05) is 5.56 Å². The van der Waals surface area contributed by atoms with Gasteiger partial charge in [0.15, 0.2) is 5.76 Å². The molecule has 0 bridgehead atoms. The van der Waals surface area contributed by atoms with Crippen LogP contribution in [0.1, 0.15) is 5.56 Å². The highest BCUT2D eigenvalue weighted by molar-refractivity contribution is 7.71. The van der Waals surface area contributed by atoms with Gasteiger partial charge >= 0.3 is 0 Å².